The predicted octanol–water partition coefficient (Wildman–Crippen LogP) is 0.764. The Morgan fingerprint density at radius 2 is 2.20 bits per heavy atom. The Bertz CT molecular complexity index is 520. The quantitative estimate of drug-likeness (QED) is 0.578. The summed E-state index contributed by atoms with van der Waals surface area (Å²) in [5.41, 5.74) is 0. The Hall–Kier alpha value is -1.89. The lowest BCUT2D eigenvalue weighted by molar-refractivity contribution is -0.148. The number of aliphatic hydroxyl groups is 1. The Morgan fingerprint density at radius 1 is 1.40 bits per heavy atom. The molecule has 1 saturated heterocycles. The van der Waals surface area contributed by atoms with E-state index in [1.807, 2.05) is 12.2 Å². The molecule has 3 atom stereocenters. The molecule has 0 aromatic heterocycles. The molecule has 2 N–H and O–H groups in total. The van der Waals surface area contributed by atoms with E-state index < -0.39 is 12.0 Å². The minimum atomic E-state index is -0.453. The van der Waals surface area contributed by atoms with Crippen molar-refractivity contribution < 1.29 is 24.2 Å². The summed E-state index contributed by atoms with van der Waals surface area (Å²) < 4.78 is 5.21. The van der Waals surface area contributed by atoms with Crippen LogP contribution in [0.4, 0.5) is 0 Å². The number of allylic oxidation sites excluding steroid dienone is 2. The molecule has 0 aromatic rings. The Balaban J connectivity index is 2.00. The van der Waals surface area contributed by atoms with Crippen molar-refractivity contribution in [1.82, 2.24) is 10.2 Å². The lowest BCUT2D eigenvalue weighted by atomic mass is 9.98. The lowest BCUT2D eigenvalue weighted by Gasteiger charge is -2.25. The van der Waals surface area contributed by atoms with Gasteiger partial charge in [-0.3, -0.25) is 14.4 Å². The molecule has 0 aliphatic carbocycles. The van der Waals surface area contributed by atoms with Crippen molar-refractivity contribution in [2.45, 2.75) is 57.6 Å². The monoisotopic (exact) mass is 352 g/mol. The average molecular weight is 352 g/mol. The molecule has 7 nitrogen and oxygen atoms in total. The number of nitrogens with zero attached hydrogens (tertiary/aromatic N) is 1. The Kier molecular flexibility index (Phi) is 7.43. The molecule has 2 aliphatic heterocycles. The number of cyclic esters (lactones) is 1. The number of carbonyl (C=O) groups excluding carboxylic acids is 3. The molecule has 0 radical (unpaired) electrons. The number of hydrogen-bond donors (Lipinski definition) is 2. The van der Waals surface area contributed by atoms with Crippen LogP contribution in [0.2, 0.25) is 0 Å². The third-order valence-electron chi connectivity index (χ3n) is 4.70. The van der Waals surface area contributed by atoms with E-state index in [0.29, 0.717) is 25.8 Å². The van der Waals surface area contributed by atoms with E-state index in [1.165, 1.54) is 0 Å². The molecule has 2 amide bonds. The smallest absolute Gasteiger partial charge is 0.306 e. The van der Waals surface area contributed by atoms with Gasteiger partial charge in [-0.2, -0.15) is 0 Å². The first kappa shape index (κ1) is 19.4. The molecule has 0 saturated carbocycles. The molecular formula is C18H28N2O5. The molecule has 0 aromatic carbocycles. The minimum Gasteiger partial charge on any atom is -0.461 e. The van der Waals surface area contributed by atoms with Gasteiger partial charge in [0.1, 0.15) is 6.10 Å². The summed E-state index contributed by atoms with van der Waals surface area (Å²) in [6.07, 6.45) is 6.46. The fourth-order valence-electron chi connectivity index (χ4n) is 3.26. The number of hydrogen-bond acceptors (Lipinski definition) is 5. The highest BCUT2D eigenvalue weighted by Crippen LogP contribution is 2.21. The van der Waals surface area contributed by atoms with Crippen LogP contribution in [0, 0.1) is 5.92 Å². The minimum absolute atomic E-state index is 0.0363. The Labute approximate surface area is 148 Å². The van der Waals surface area contributed by atoms with E-state index in [4.69, 9.17) is 4.74 Å². The Morgan fingerprint density at radius 3 is 2.96 bits per heavy atom. The van der Waals surface area contributed by atoms with Gasteiger partial charge in [-0.05, 0) is 32.6 Å². The van der Waals surface area contributed by atoms with Crippen LogP contribution in [0.25, 0.3) is 0 Å². The first-order valence-electron chi connectivity index (χ1n) is 9.03. The van der Waals surface area contributed by atoms with Crippen molar-refractivity contribution in [1.29, 1.82) is 0 Å². The molecule has 0 bridgehead atoms. The highest BCUT2D eigenvalue weighted by Gasteiger charge is 2.31. The zero-order valence-corrected chi connectivity index (χ0v) is 14.8. The third-order valence-corrected chi connectivity index (χ3v) is 4.70. The van der Waals surface area contributed by atoms with Crippen molar-refractivity contribution in [3.8, 4) is 0 Å². The van der Waals surface area contributed by atoms with Gasteiger partial charge < -0.3 is 20.1 Å². The molecule has 2 aliphatic rings. The maximum absolute atomic E-state index is 12.6. The predicted molar refractivity (Wildman–Crippen MR) is 91.5 cm³/mol. The number of rotatable bonds is 3. The summed E-state index contributed by atoms with van der Waals surface area (Å²) in [6.45, 7) is 2.57. The fourth-order valence-corrected chi connectivity index (χ4v) is 3.26. The first-order valence-corrected chi connectivity index (χ1v) is 9.03. The molecule has 0 spiro atoms. The second-order valence-corrected chi connectivity index (χ2v) is 6.76. The molecule has 140 valence electrons. The van der Waals surface area contributed by atoms with Gasteiger partial charge in [0.05, 0.1) is 25.1 Å². The standard InChI is InChI=1S/C18H28N2O5/c1-13-11-19-18(24)14(6-3-2-4-8-17(23)25-13)10-16(22)20-9-5-7-15(20)12-21/h2-3,13-15,21H,4-12H2,1H3,(H,19,24). The molecular weight excluding hydrogens is 324 g/mol. The number of carbonyl (C=O) groups is 3. The summed E-state index contributed by atoms with van der Waals surface area (Å²) in [5, 5.41) is 12.1. The summed E-state index contributed by atoms with van der Waals surface area (Å²) in [5.74, 6) is -1.02. The number of likely N-dealkylation sites (tertiary alicyclic amines) is 1. The second kappa shape index (κ2) is 9.56. The first-order chi connectivity index (χ1) is 12.0. The topological polar surface area (TPSA) is 95.9 Å². The van der Waals surface area contributed by atoms with Gasteiger partial charge in [0.25, 0.3) is 0 Å². The fraction of sp³-hybridized carbons (Fsp3) is 0.722. The van der Waals surface area contributed by atoms with E-state index in [1.54, 1.807) is 11.8 Å². The average Bonchev–Trinajstić information content (AvgIpc) is 3.06. The van der Waals surface area contributed by atoms with Gasteiger partial charge in [-0.25, -0.2) is 0 Å². The van der Waals surface area contributed by atoms with Gasteiger partial charge in [0, 0.05) is 19.4 Å². The van der Waals surface area contributed by atoms with Crippen LogP contribution in [-0.2, 0) is 19.1 Å². The van der Waals surface area contributed by atoms with Gasteiger partial charge in [-0.15, -0.1) is 0 Å². The van der Waals surface area contributed by atoms with Crippen LogP contribution in [0.5, 0.6) is 0 Å². The van der Waals surface area contributed by atoms with Crippen molar-refractivity contribution >= 4 is 17.8 Å². The van der Waals surface area contributed by atoms with Crippen molar-refractivity contribution in [2.75, 3.05) is 19.7 Å². The number of ether oxygens (including phenoxy) is 1. The maximum atomic E-state index is 12.6. The van der Waals surface area contributed by atoms with Gasteiger partial charge >= 0.3 is 5.97 Å². The number of esters is 1. The van der Waals surface area contributed by atoms with E-state index in [2.05, 4.69) is 5.32 Å². The van der Waals surface area contributed by atoms with Crippen LogP contribution in [0.15, 0.2) is 12.2 Å². The van der Waals surface area contributed by atoms with Crippen LogP contribution in [0.1, 0.15) is 45.4 Å². The third kappa shape index (κ3) is 5.85. The molecule has 7 heteroatoms. The molecule has 2 heterocycles. The zero-order valence-electron chi connectivity index (χ0n) is 14.8. The van der Waals surface area contributed by atoms with Crippen molar-refractivity contribution in [3.63, 3.8) is 0 Å². The SMILES string of the molecule is CC1CNC(=O)C(CC(=O)N2CCCC2CO)CC=CCCC(=O)O1. The summed E-state index contributed by atoms with van der Waals surface area (Å²) >= 11 is 0. The maximum Gasteiger partial charge on any atom is 0.306 e. The number of aliphatic hydroxyl groups excluding tert-OH is 1. The van der Waals surface area contributed by atoms with Crippen LogP contribution in [0.3, 0.4) is 0 Å². The van der Waals surface area contributed by atoms with Crippen molar-refractivity contribution in [2.24, 2.45) is 5.92 Å². The van der Waals surface area contributed by atoms with Gasteiger partial charge in [0.15, 0.2) is 0 Å². The lowest BCUT2D eigenvalue weighted by Crippen LogP contribution is -2.42. The van der Waals surface area contributed by atoms with Crippen LogP contribution >= 0.6 is 0 Å². The summed E-state index contributed by atoms with van der Waals surface area (Å²) in [6, 6.07) is -0.128. The summed E-state index contributed by atoms with van der Waals surface area (Å²) in [4.78, 5) is 38.3. The van der Waals surface area contributed by atoms with E-state index in [9.17, 15) is 19.5 Å². The van der Waals surface area contributed by atoms with Gasteiger partial charge in [-0.1, -0.05) is 12.2 Å². The number of amides is 2. The van der Waals surface area contributed by atoms with Crippen molar-refractivity contribution in [3.05, 3.63) is 12.2 Å². The normalized spacial score (nSPS) is 28.7. The molecule has 3 unspecified atom stereocenters. The second-order valence-electron chi connectivity index (χ2n) is 6.76. The highest BCUT2D eigenvalue weighted by atomic mass is 16.5. The molecule has 25 heavy (non-hydrogen) atoms. The van der Waals surface area contributed by atoms with Gasteiger partial charge in [0.2, 0.25) is 11.8 Å². The van der Waals surface area contributed by atoms with E-state index >= 15 is 0 Å². The van der Waals surface area contributed by atoms with Crippen LogP contribution in [-0.4, -0.2) is 59.6 Å². The largest absolute Gasteiger partial charge is 0.461 e. The number of nitrogens with one attached hydrogen (secondary N) is 1. The van der Waals surface area contributed by atoms with E-state index in [-0.39, 0.29) is 43.4 Å². The highest BCUT2D eigenvalue weighted by molar-refractivity contribution is 5.86. The van der Waals surface area contributed by atoms with E-state index in [0.717, 1.165) is 12.8 Å². The van der Waals surface area contributed by atoms with Crippen LogP contribution < -0.4 is 5.32 Å². The molecule has 1 fully saturated rings. The summed E-state index contributed by atoms with van der Waals surface area (Å²) in [7, 11) is 0. The zero-order chi connectivity index (χ0) is 18.2. The molecule has 2 rings (SSSR count).